The van der Waals surface area contributed by atoms with E-state index < -0.39 is 0 Å². The van der Waals surface area contributed by atoms with Crippen molar-refractivity contribution in [2.24, 2.45) is 5.73 Å². The van der Waals surface area contributed by atoms with Gasteiger partial charge in [-0.1, -0.05) is 12.8 Å². The van der Waals surface area contributed by atoms with Gasteiger partial charge in [0.1, 0.15) is 0 Å². The molecule has 0 aromatic rings. The van der Waals surface area contributed by atoms with Gasteiger partial charge in [0.05, 0.1) is 6.61 Å². The monoisotopic (exact) mass is 158 g/mol. The molecule has 1 rings (SSSR count). The normalized spacial score (nSPS) is 22.4. The lowest BCUT2D eigenvalue weighted by Crippen LogP contribution is -2.47. The lowest BCUT2D eigenvalue weighted by molar-refractivity contribution is 0.166. The first-order valence-corrected chi connectivity index (χ1v) is 4.39. The van der Waals surface area contributed by atoms with Gasteiger partial charge in [-0.05, 0) is 12.8 Å². The molecule has 1 aliphatic rings. The van der Waals surface area contributed by atoms with Crippen LogP contribution in [-0.4, -0.2) is 30.3 Å². The van der Waals surface area contributed by atoms with Crippen LogP contribution in [0.2, 0.25) is 0 Å². The number of rotatable bonds is 4. The Morgan fingerprint density at radius 1 is 1.36 bits per heavy atom. The van der Waals surface area contributed by atoms with Gasteiger partial charge in [0, 0.05) is 18.6 Å². The smallest absolute Gasteiger partial charge is 0.0613 e. The summed E-state index contributed by atoms with van der Waals surface area (Å²) in [6.07, 6.45) is 4.67. The molecule has 4 N–H and O–H groups in total. The Kier molecular flexibility index (Phi) is 3.30. The number of aliphatic hydroxyl groups excluding tert-OH is 1. The fourth-order valence-corrected chi connectivity index (χ4v) is 1.78. The molecule has 0 atom stereocenters. The molecule has 0 aromatic heterocycles. The molecule has 1 fully saturated rings. The number of hydrogen-bond acceptors (Lipinski definition) is 3. The van der Waals surface area contributed by atoms with Crippen molar-refractivity contribution >= 4 is 0 Å². The van der Waals surface area contributed by atoms with Gasteiger partial charge in [0.2, 0.25) is 0 Å². The third-order valence-corrected chi connectivity index (χ3v) is 2.51. The van der Waals surface area contributed by atoms with Crippen molar-refractivity contribution in [3.8, 4) is 0 Å². The molecule has 0 saturated heterocycles. The Morgan fingerprint density at radius 2 is 2.00 bits per heavy atom. The molecule has 0 aliphatic heterocycles. The van der Waals surface area contributed by atoms with Crippen LogP contribution in [0.25, 0.3) is 0 Å². The van der Waals surface area contributed by atoms with Crippen LogP contribution >= 0.6 is 0 Å². The van der Waals surface area contributed by atoms with Gasteiger partial charge >= 0.3 is 0 Å². The summed E-state index contributed by atoms with van der Waals surface area (Å²) in [7, 11) is 0. The highest BCUT2D eigenvalue weighted by molar-refractivity contribution is 4.91. The molecule has 3 nitrogen and oxygen atoms in total. The van der Waals surface area contributed by atoms with Crippen LogP contribution in [-0.2, 0) is 0 Å². The second-order valence-corrected chi connectivity index (χ2v) is 3.36. The topological polar surface area (TPSA) is 58.3 Å². The van der Waals surface area contributed by atoms with E-state index in [0.717, 1.165) is 19.4 Å². The van der Waals surface area contributed by atoms with Gasteiger partial charge < -0.3 is 16.2 Å². The number of nitrogens with one attached hydrogen (secondary N) is 1. The van der Waals surface area contributed by atoms with Gasteiger partial charge in [0.15, 0.2) is 0 Å². The van der Waals surface area contributed by atoms with E-state index in [2.05, 4.69) is 5.32 Å². The van der Waals surface area contributed by atoms with Crippen LogP contribution in [0.5, 0.6) is 0 Å². The number of aliphatic hydroxyl groups is 1. The van der Waals surface area contributed by atoms with Crippen molar-refractivity contribution in [2.75, 3.05) is 19.7 Å². The first kappa shape index (κ1) is 8.97. The molecule has 0 aromatic carbocycles. The fourth-order valence-electron chi connectivity index (χ4n) is 1.78. The zero-order valence-electron chi connectivity index (χ0n) is 6.97. The van der Waals surface area contributed by atoms with E-state index in [1.807, 2.05) is 0 Å². The van der Waals surface area contributed by atoms with E-state index in [4.69, 9.17) is 10.8 Å². The highest BCUT2D eigenvalue weighted by Gasteiger charge is 2.31. The number of hydrogen-bond donors (Lipinski definition) is 3. The average Bonchev–Trinajstić information content (AvgIpc) is 2.50. The maximum atomic E-state index is 9.14. The third-order valence-electron chi connectivity index (χ3n) is 2.51. The maximum absolute atomic E-state index is 9.14. The molecule has 0 unspecified atom stereocenters. The summed E-state index contributed by atoms with van der Waals surface area (Å²) in [4.78, 5) is 0. The Hall–Kier alpha value is -0.120. The lowest BCUT2D eigenvalue weighted by Gasteiger charge is -2.27. The Labute approximate surface area is 68.0 Å². The van der Waals surface area contributed by atoms with E-state index >= 15 is 0 Å². The van der Waals surface area contributed by atoms with Gasteiger partial charge in [-0.25, -0.2) is 0 Å². The predicted octanol–water partition coefficient (Wildman–Crippen LogP) is -0.160. The first-order valence-electron chi connectivity index (χ1n) is 4.39. The Morgan fingerprint density at radius 3 is 2.45 bits per heavy atom. The summed E-state index contributed by atoms with van der Waals surface area (Å²) in [6.45, 7) is 1.73. The van der Waals surface area contributed by atoms with E-state index in [-0.39, 0.29) is 12.1 Å². The minimum absolute atomic E-state index is 0.0133. The van der Waals surface area contributed by atoms with Gasteiger partial charge in [-0.2, -0.15) is 0 Å². The van der Waals surface area contributed by atoms with Crippen molar-refractivity contribution in [3.05, 3.63) is 0 Å². The minimum atomic E-state index is 0.0133. The summed E-state index contributed by atoms with van der Waals surface area (Å²) >= 11 is 0. The summed E-state index contributed by atoms with van der Waals surface area (Å²) in [6, 6.07) is 0. The number of nitrogens with two attached hydrogens (primary N) is 1. The summed E-state index contributed by atoms with van der Waals surface area (Å²) in [5.74, 6) is 0. The zero-order chi connectivity index (χ0) is 8.16. The molecule has 11 heavy (non-hydrogen) atoms. The van der Waals surface area contributed by atoms with Crippen LogP contribution in [0.3, 0.4) is 0 Å². The van der Waals surface area contributed by atoms with Gasteiger partial charge in [0.25, 0.3) is 0 Å². The fraction of sp³-hybridized carbons (Fsp3) is 1.00. The van der Waals surface area contributed by atoms with E-state index in [1.165, 1.54) is 12.8 Å². The first-order chi connectivity index (χ1) is 5.33. The van der Waals surface area contributed by atoms with Crippen molar-refractivity contribution in [3.63, 3.8) is 0 Å². The standard InChI is InChI=1S/C8H18N2O/c9-5-6-10-8(7-11)3-1-2-4-8/h10-11H,1-7,9H2. The molecular formula is C8H18N2O. The van der Waals surface area contributed by atoms with Crippen molar-refractivity contribution < 1.29 is 5.11 Å². The second kappa shape index (κ2) is 4.04. The summed E-state index contributed by atoms with van der Waals surface area (Å²) < 4.78 is 0. The Balaban J connectivity index is 2.33. The predicted molar refractivity (Wildman–Crippen MR) is 45.3 cm³/mol. The highest BCUT2D eigenvalue weighted by atomic mass is 16.3. The molecule has 0 spiro atoms. The van der Waals surface area contributed by atoms with E-state index in [9.17, 15) is 0 Å². The van der Waals surface area contributed by atoms with Gasteiger partial charge in [-0.3, -0.25) is 0 Å². The Bertz CT molecular complexity index is 111. The molecule has 3 heteroatoms. The average molecular weight is 158 g/mol. The quantitative estimate of drug-likeness (QED) is 0.533. The molecular weight excluding hydrogens is 140 g/mol. The molecule has 0 bridgehead atoms. The van der Waals surface area contributed by atoms with Crippen molar-refractivity contribution in [1.82, 2.24) is 5.32 Å². The van der Waals surface area contributed by atoms with E-state index in [0.29, 0.717) is 6.54 Å². The second-order valence-electron chi connectivity index (χ2n) is 3.36. The highest BCUT2D eigenvalue weighted by Crippen LogP contribution is 2.28. The molecule has 0 amide bonds. The SMILES string of the molecule is NCCNC1(CO)CCCC1. The molecule has 1 aliphatic carbocycles. The van der Waals surface area contributed by atoms with Crippen LogP contribution in [0.1, 0.15) is 25.7 Å². The van der Waals surface area contributed by atoms with Crippen LogP contribution in [0.15, 0.2) is 0 Å². The zero-order valence-corrected chi connectivity index (χ0v) is 6.97. The van der Waals surface area contributed by atoms with Crippen molar-refractivity contribution in [2.45, 2.75) is 31.2 Å². The van der Waals surface area contributed by atoms with Crippen LogP contribution in [0.4, 0.5) is 0 Å². The third kappa shape index (κ3) is 2.15. The molecule has 1 saturated carbocycles. The lowest BCUT2D eigenvalue weighted by atomic mass is 9.99. The van der Waals surface area contributed by atoms with Crippen LogP contribution in [0, 0.1) is 0 Å². The maximum Gasteiger partial charge on any atom is 0.0613 e. The summed E-state index contributed by atoms with van der Waals surface area (Å²) in [5.41, 5.74) is 5.39. The van der Waals surface area contributed by atoms with Crippen LogP contribution < -0.4 is 11.1 Å². The summed E-state index contributed by atoms with van der Waals surface area (Å²) in [5, 5.41) is 12.5. The molecule has 0 heterocycles. The minimum Gasteiger partial charge on any atom is -0.394 e. The van der Waals surface area contributed by atoms with Crippen molar-refractivity contribution in [1.29, 1.82) is 0 Å². The molecule has 66 valence electrons. The molecule has 0 radical (unpaired) electrons. The van der Waals surface area contributed by atoms with E-state index in [1.54, 1.807) is 0 Å². The largest absolute Gasteiger partial charge is 0.394 e. The van der Waals surface area contributed by atoms with Gasteiger partial charge in [-0.15, -0.1) is 0 Å².